The minimum atomic E-state index is -1.71. The van der Waals surface area contributed by atoms with Gasteiger partial charge in [0, 0.05) is 18.3 Å². The molecule has 1 heterocycles. The SMILES string of the molecule is CSCC[C@H](NC(=O)[C@H](Cc1cnc[nH]1)NC(=O)[C@H](CCCCN)NC(=O)[C@H](CCSC)NC(=O)[C@H](CC(N)=O)NC(=O)[C@@H](NC(=O)[C@@H](N)CCCCN)[C@@H](C)O)C(=O)NCC(=O)NCC(=O)N[C@@H](C)C(=O)N[C@@H](C)C(=O)O. The van der Waals surface area contributed by atoms with Gasteiger partial charge in [0.1, 0.15) is 48.3 Å². The first-order chi connectivity index (χ1) is 36.9. The predicted molar refractivity (Wildman–Crippen MR) is 288 cm³/mol. The maximum absolute atomic E-state index is 14.3. The van der Waals surface area contributed by atoms with Gasteiger partial charge in [-0.25, -0.2) is 4.98 Å². The van der Waals surface area contributed by atoms with Gasteiger partial charge >= 0.3 is 5.97 Å². The standard InChI is InChI=1S/C46H80N16O14S2/c1-24(38(67)56-25(2)46(75)76)55-36(66)22-52-35(65)21-53-40(69)30(12-16-77-4)58-43(72)32(18-27-20-51-23-54-27)60-41(70)29(11-7-9-15-48)57-42(71)31(13-17-78-5)59-44(73)33(19-34(50)64)61-45(74)37(26(3)63)62-39(68)28(49)10-6-8-14-47/h20,23-26,28-33,37,63H,6-19,21-22,47-49H2,1-5H3,(H2,50,64)(H,51,54)(H,52,65)(H,53,69)(H,55,66)(H,56,67)(H,57,71)(H,58,72)(H,59,73)(H,60,70)(H,61,74)(H,62,68)(H,75,76)/t24-,25-,26+,28-,29-,30-,31-,32-,33-,37-/m0/s1. The summed E-state index contributed by atoms with van der Waals surface area (Å²) < 4.78 is 0. The van der Waals surface area contributed by atoms with Crippen LogP contribution in [0.1, 0.15) is 84.3 Å². The maximum atomic E-state index is 14.3. The van der Waals surface area contributed by atoms with Crippen molar-refractivity contribution in [3.8, 4) is 0 Å². The Balaban J connectivity index is 3.32. The summed E-state index contributed by atoms with van der Waals surface area (Å²) in [7, 11) is 0. The second-order valence-electron chi connectivity index (χ2n) is 18.1. The van der Waals surface area contributed by atoms with Crippen molar-refractivity contribution in [2.24, 2.45) is 22.9 Å². The molecule has 440 valence electrons. The first-order valence-electron chi connectivity index (χ1n) is 25.2. The average molecular weight is 1150 g/mol. The number of H-pyrrole nitrogens is 1. The topological polar surface area (TPSA) is 498 Å². The normalized spacial score (nSPS) is 14.8. The predicted octanol–water partition coefficient (Wildman–Crippen LogP) is -6.46. The molecule has 0 aliphatic heterocycles. The number of hydrogen-bond acceptors (Lipinski definition) is 19. The van der Waals surface area contributed by atoms with Crippen LogP contribution in [0.15, 0.2) is 12.5 Å². The molecule has 0 unspecified atom stereocenters. The third kappa shape index (κ3) is 27.6. The molecule has 11 amide bonds. The van der Waals surface area contributed by atoms with Crippen LogP contribution in [-0.2, 0) is 64.0 Å². The van der Waals surface area contributed by atoms with Gasteiger partial charge in [-0.3, -0.25) is 57.5 Å². The number of thioether (sulfide) groups is 2. The van der Waals surface area contributed by atoms with E-state index in [9.17, 15) is 62.6 Å². The van der Waals surface area contributed by atoms with E-state index in [1.54, 1.807) is 12.5 Å². The van der Waals surface area contributed by atoms with Crippen LogP contribution in [0.3, 0.4) is 0 Å². The zero-order chi connectivity index (χ0) is 58.9. The highest BCUT2D eigenvalue weighted by molar-refractivity contribution is 7.98. The number of nitrogens with two attached hydrogens (primary N) is 4. The van der Waals surface area contributed by atoms with Crippen LogP contribution in [-0.4, -0.2) is 202 Å². The summed E-state index contributed by atoms with van der Waals surface area (Å²) in [6.45, 7) is 3.09. The van der Waals surface area contributed by atoms with Crippen LogP contribution in [0.5, 0.6) is 0 Å². The summed E-state index contributed by atoms with van der Waals surface area (Å²) >= 11 is 2.66. The minimum Gasteiger partial charge on any atom is -0.480 e. The molecule has 0 bridgehead atoms. The van der Waals surface area contributed by atoms with Gasteiger partial charge in [0.15, 0.2) is 0 Å². The van der Waals surface area contributed by atoms with Crippen molar-refractivity contribution in [3.05, 3.63) is 18.2 Å². The summed E-state index contributed by atoms with van der Waals surface area (Å²) in [6, 6.07) is -12.2. The van der Waals surface area contributed by atoms with Crippen LogP contribution >= 0.6 is 23.5 Å². The number of hydrogen-bond donors (Lipinski definition) is 17. The summed E-state index contributed by atoms with van der Waals surface area (Å²) in [6.07, 6.45) is 5.82. The molecule has 0 fully saturated rings. The lowest BCUT2D eigenvalue weighted by Crippen LogP contribution is -2.61. The van der Waals surface area contributed by atoms with Gasteiger partial charge in [-0.15, -0.1) is 0 Å². The number of rotatable bonds is 40. The van der Waals surface area contributed by atoms with Crippen molar-refractivity contribution in [3.63, 3.8) is 0 Å². The van der Waals surface area contributed by atoms with E-state index in [-0.39, 0.29) is 44.4 Å². The van der Waals surface area contributed by atoms with Gasteiger partial charge in [0.25, 0.3) is 0 Å². The average Bonchev–Trinajstić information content (AvgIpc) is 3.90. The fraction of sp³-hybridized carbons (Fsp3) is 0.674. The zero-order valence-corrected chi connectivity index (χ0v) is 46.2. The molecule has 1 rings (SSSR count). The number of carbonyl (C=O) groups is 12. The van der Waals surface area contributed by atoms with E-state index in [2.05, 4.69) is 63.1 Å². The summed E-state index contributed by atoms with van der Waals surface area (Å²) in [5.74, 6) is -10.3. The number of primary amides is 1. The summed E-state index contributed by atoms with van der Waals surface area (Å²) in [5, 5.41) is 43.7. The molecular weight excluding hydrogens is 1060 g/mol. The molecule has 30 nitrogen and oxygen atoms in total. The van der Waals surface area contributed by atoms with Crippen LogP contribution in [0.2, 0.25) is 0 Å². The number of carbonyl (C=O) groups excluding carboxylic acids is 11. The van der Waals surface area contributed by atoms with Gasteiger partial charge in [-0.2, -0.15) is 23.5 Å². The molecule has 1 aromatic rings. The number of aliphatic carboxylic acids is 1. The van der Waals surface area contributed by atoms with E-state index in [0.717, 1.165) is 0 Å². The first kappa shape index (κ1) is 69.4. The molecular formula is C46H80N16O14S2. The number of imidazole rings is 1. The van der Waals surface area contributed by atoms with E-state index >= 15 is 0 Å². The quantitative estimate of drug-likeness (QED) is 0.0272. The number of nitrogens with zero attached hydrogens (tertiary/aromatic N) is 1. The first-order valence-corrected chi connectivity index (χ1v) is 27.9. The number of carboxylic acids is 1. The third-order valence-electron chi connectivity index (χ3n) is 11.5. The molecule has 0 saturated heterocycles. The fourth-order valence-electron chi connectivity index (χ4n) is 6.95. The van der Waals surface area contributed by atoms with Crippen molar-refractivity contribution < 1.29 is 67.7 Å². The molecule has 1 aromatic heterocycles. The Morgan fingerprint density at radius 2 is 1.08 bits per heavy atom. The van der Waals surface area contributed by atoms with Crippen molar-refractivity contribution in [1.82, 2.24) is 63.1 Å². The molecule has 0 aliphatic rings. The van der Waals surface area contributed by atoms with Crippen LogP contribution in [0.4, 0.5) is 0 Å². The zero-order valence-electron chi connectivity index (χ0n) is 44.6. The van der Waals surface area contributed by atoms with E-state index in [1.807, 2.05) is 0 Å². The van der Waals surface area contributed by atoms with Crippen molar-refractivity contribution in [2.45, 2.75) is 145 Å². The van der Waals surface area contributed by atoms with Gasteiger partial charge in [0.05, 0.1) is 38.0 Å². The third-order valence-corrected chi connectivity index (χ3v) is 12.7. The lowest BCUT2D eigenvalue weighted by Gasteiger charge is -2.28. The largest absolute Gasteiger partial charge is 0.480 e. The second-order valence-corrected chi connectivity index (χ2v) is 20.0. The lowest BCUT2D eigenvalue weighted by atomic mass is 10.0. The highest BCUT2D eigenvalue weighted by atomic mass is 32.2. The molecule has 32 heteroatoms. The summed E-state index contributed by atoms with van der Waals surface area (Å²) in [4.78, 5) is 163. The number of aliphatic hydroxyl groups is 1. The molecule has 0 saturated carbocycles. The Labute approximate surface area is 460 Å². The number of amides is 11. The molecule has 0 aromatic carbocycles. The number of unbranched alkanes of at least 4 members (excludes halogenated alkanes) is 2. The van der Waals surface area contributed by atoms with Crippen molar-refractivity contribution in [2.75, 3.05) is 50.2 Å². The number of aliphatic hydroxyl groups excluding tert-OH is 1. The van der Waals surface area contributed by atoms with Crippen molar-refractivity contribution >= 4 is 94.5 Å². The van der Waals surface area contributed by atoms with E-state index in [0.29, 0.717) is 43.7 Å². The maximum Gasteiger partial charge on any atom is 0.325 e. The second kappa shape index (κ2) is 38.0. The van der Waals surface area contributed by atoms with E-state index in [1.165, 1.54) is 56.8 Å². The lowest BCUT2D eigenvalue weighted by molar-refractivity contribution is -0.141. The molecule has 0 spiro atoms. The molecule has 0 radical (unpaired) electrons. The van der Waals surface area contributed by atoms with Gasteiger partial charge in [0.2, 0.25) is 65.0 Å². The Morgan fingerprint density at radius 3 is 1.59 bits per heavy atom. The monoisotopic (exact) mass is 1140 g/mol. The molecule has 21 N–H and O–H groups in total. The highest BCUT2D eigenvalue weighted by Gasteiger charge is 2.35. The molecule has 10 atom stereocenters. The van der Waals surface area contributed by atoms with Gasteiger partial charge < -0.3 is 91.3 Å². The van der Waals surface area contributed by atoms with Crippen LogP contribution in [0, 0.1) is 0 Å². The van der Waals surface area contributed by atoms with Crippen LogP contribution in [0.25, 0.3) is 0 Å². The minimum absolute atomic E-state index is 0.0112. The molecule has 78 heavy (non-hydrogen) atoms. The number of carboxylic acid groups (broad SMARTS) is 1. The Bertz CT molecular complexity index is 2140. The van der Waals surface area contributed by atoms with Crippen LogP contribution < -0.4 is 76.1 Å². The number of aromatic amines is 1. The van der Waals surface area contributed by atoms with E-state index in [4.69, 9.17) is 28.0 Å². The number of nitrogens with one attached hydrogen (secondary N) is 11. The Kier molecular flexibility index (Phi) is 33.8. The van der Waals surface area contributed by atoms with E-state index < -0.39 is 151 Å². The van der Waals surface area contributed by atoms with Crippen molar-refractivity contribution in [1.29, 1.82) is 0 Å². The summed E-state index contributed by atoms with van der Waals surface area (Å²) in [5.41, 5.74) is 23.0. The van der Waals surface area contributed by atoms with Gasteiger partial charge in [-0.05, 0) is 103 Å². The highest BCUT2D eigenvalue weighted by Crippen LogP contribution is 2.10. The Morgan fingerprint density at radius 1 is 0.577 bits per heavy atom. The fourth-order valence-corrected chi connectivity index (χ4v) is 7.90. The smallest absolute Gasteiger partial charge is 0.325 e. The molecule has 0 aliphatic carbocycles. The van der Waals surface area contributed by atoms with Gasteiger partial charge in [-0.1, -0.05) is 6.42 Å². The number of aromatic nitrogens is 2. The Hall–Kier alpha value is -6.61.